The second-order valence-electron chi connectivity index (χ2n) is 11.7. The number of alkyl halides is 5. The van der Waals surface area contributed by atoms with Gasteiger partial charge in [-0.1, -0.05) is 43.7 Å². The van der Waals surface area contributed by atoms with Gasteiger partial charge in [0.1, 0.15) is 11.9 Å². The van der Waals surface area contributed by atoms with Crippen LogP contribution >= 0.6 is 0 Å². The zero-order chi connectivity index (χ0) is 31.7. The molecule has 2 aromatic carbocycles. The number of aryl methyl sites for hydroxylation is 1. The lowest BCUT2D eigenvalue weighted by molar-refractivity contribution is -0.275. The first-order valence-electron chi connectivity index (χ1n) is 15.3. The molecule has 0 spiro atoms. The smallest absolute Gasteiger partial charge is 0.462 e. The molecule has 2 aromatic rings. The number of carbonyl (C=O) groups is 1. The molecule has 0 amide bonds. The van der Waals surface area contributed by atoms with Crippen LogP contribution in [0.15, 0.2) is 42.5 Å². The van der Waals surface area contributed by atoms with E-state index in [1.807, 2.05) is 0 Å². The normalized spacial score (nSPS) is 22.4. The van der Waals surface area contributed by atoms with Gasteiger partial charge in [0.25, 0.3) is 0 Å². The van der Waals surface area contributed by atoms with Crippen molar-refractivity contribution in [2.24, 2.45) is 17.8 Å². The molecule has 4 rings (SSSR count). The highest BCUT2D eigenvalue weighted by atomic mass is 19.4. The first kappa shape index (κ1) is 33.5. The molecule has 2 aliphatic rings. The minimum atomic E-state index is -5.12. The molecule has 4 nitrogen and oxygen atoms in total. The molecule has 0 aliphatic heterocycles. The summed E-state index contributed by atoms with van der Waals surface area (Å²) < 4.78 is 94.3. The van der Waals surface area contributed by atoms with Gasteiger partial charge < -0.3 is 14.2 Å². The Morgan fingerprint density at radius 3 is 2.16 bits per heavy atom. The lowest BCUT2D eigenvalue weighted by Crippen LogP contribution is -2.39. The number of hydrogen-bond donors (Lipinski definition) is 0. The van der Waals surface area contributed by atoms with E-state index in [2.05, 4.69) is 52.5 Å². The minimum Gasteiger partial charge on any atom is -0.462 e. The molecule has 2 fully saturated rings. The maximum Gasteiger partial charge on any atom is 0.573 e. The van der Waals surface area contributed by atoms with E-state index in [-0.39, 0.29) is 43.5 Å². The van der Waals surface area contributed by atoms with Gasteiger partial charge in [-0.05, 0) is 94.0 Å². The fourth-order valence-corrected chi connectivity index (χ4v) is 5.76. The van der Waals surface area contributed by atoms with E-state index < -0.39 is 41.8 Å². The van der Waals surface area contributed by atoms with Gasteiger partial charge in [-0.3, -0.25) is 4.79 Å². The van der Waals surface area contributed by atoms with Crippen LogP contribution in [0.3, 0.4) is 0 Å². The molecule has 0 bridgehead atoms. The van der Waals surface area contributed by atoms with Crippen LogP contribution in [-0.4, -0.2) is 24.5 Å². The molecule has 2 saturated carbocycles. The highest BCUT2D eigenvalue weighted by molar-refractivity contribution is 5.72. The van der Waals surface area contributed by atoms with Gasteiger partial charge in [-0.2, -0.15) is 8.78 Å². The molecule has 240 valence electrons. The van der Waals surface area contributed by atoms with E-state index in [4.69, 9.17) is 4.74 Å². The SMILES string of the molecule is CCCCCc1ccc(C#CC2CCC(C(=O)OC3CCC(C(F)(F)Oc4ccc(OC(F)(F)F)c(F)c4)CC3)CC2)cc1. The van der Waals surface area contributed by atoms with E-state index in [9.17, 15) is 31.1 Å². The predicted octanol–water partition coefficient (Wildman–Crippen LogP) is 9.39. The van der Waals surface area contributed by atoms with Crippen LogP contribution in [0.5, 0.6) is 11.5 Å². The third kappa shape index (κ3) is 10.1. The maximum absolute atomic E-state index is 14.8. The highest BCUT2D eigenvalue weighted by Crippen LogP contribution is 2.40. The minimum absolute atomic E-state index is 0.00471. The molecule has 0 saturated heterocycles. The number of hydrogen-bond acceptors (Lipinski definition) is 4. The van der Waals surface area contributed by atoms with Crippen molar-refractivity contribution in [2.75, 3.05) is 0 Å². The van der Waals surface area contributed by atoms with Crippen molar-refractivity contribution in [1.29, 1.82) is 0 Å². The number of rotatable bonds is 10. The van der Waals surface area contributed by atoms with Gasteiger partial charge >= 0.3 is 18.4 Å². The first-order valence-corrected chi connectivity index (χ1v) is 15.3. The third-order valence-corrected chi connectivity index (χ3v) is 8.32. The number of esters is 1. The number of carbonyl (C=O) groups excluding carboxylic acids is 1. The summed E-state index contributed by atoms with van der Waals surface area (Å²) in [5.74, 6) is 1.81. The molecule has 0 atom stereocenters. The second-order valence-corrected chi connectivity index (χ2v) is 11.7. The van der Waals surface area contributed by atoms with Crippen molar-refractivity contribution < 1.29 is 45.3 Å². The monoisotopic (exact) mass is 624 g/mol. The van der Waals surface area contributed by atoms with Gasteiger partial charge in [-0.15, -0.1) is 13.2 Å². The van der Waals surface area contributed by atoms with E-state index in [1.165, 1.54) is 24.8 Å². The Bertz CT molecular complexity index is 1280. The Kier molecular flexibility index (Phi) is 11.5. The highest BCUT2D eigenvalue weighted by Gasteiger charge is 2.45. The summed E-state index contributed by atoms with van der Waals surface area (Å²) in [7, 11) is 0. The molecule has 10 heteroatoms. The largest absolute Gasteiger partial charge is 0.573 e. The summed E-state index contributed by atoms with van der Waals surface area (Å²) in [6.45, 7) is 2.19. The quantitative estimate of drug-likeness (QED) is 0.114. The van der Waals surface area contributed by atoms with Crippen LogP contribution in [0.1, 0.15) is 88.7 Å². The van der Waals surface area contributed by atoms with E-state index in [1.54, 1.807) is 0 Å². The summed E-state index contributed by atoms with van der Waals surface area (Å²) in [4.78, 5) is 12.8. The predicted molar refractivity (Wildman–Crippen MR) is 152 cm³/mol. The molecule has 0 radical (unpaired) electrons. The van der Waals surface area contributed by atoms with E-state index in [0.717, 1.165) is 30.9 Å². The summed E-state index contributed by atoms with van der Waals surface area (Å²) in [5.41, 5.74) is 2.31. The van der Waals surface area contributed by atoms with Crippen LogP contribution in [0.2, 0.25) is 0 Å². The lowest BCUT2D eigenvalue weighted by atomic mass is 9.82. The Balaban J connectivity index is 1.18. The number of benzene rings is 2. The van der Waals surface area contributed by atoms with Gasteiger partial charge in [0.2, 0.25) is 0 Å². The lowest BCUT2D eigenvalue weighted by Gasteiger charge is -2.34. The topological polar surface area (TPSA) is 44.8 Å². The molecule has 0 heterocycles. The number of unbranched alkanes of at least 4 members (excludes halogenated alkanes) is 2. The van der Waals surface area contributed by atoms with Gasteiger partial charge in [0, 0.05) is 17.5 Å². The fourth-order valence-electron chi connectivity index (χ4n) is 5.76. The fraction of sp³-hybridized carbons (Fsp3) is 0.559. The van der Waals surface area contributed by atoms with Crippen LogP contribution in [0.25, 0.3) is 0 Å². The third-order valence-electron chi connectivity index (χ3n) is 8.32. The summed E-state index contributed by atoms with van der Waals surface area (Å²) >= 11 is 0. The van der Waals surface area contributed by atoms with Crippen molar-refractivity contribution in [3.8, 4) is 23.3 Å². The van der Waals surface area contributed by atoms with Crippen LogP contribution in [-0.2, 0) is 16.0 Å². The molecule has 0 unspecified atom stereocenters. The summed E-state index contributed by atoms with van der Waals surface area (Å²) in [6.07, 6.45) is -1.22. The maximum atomic E-state index is 14.8. The van der Waals surface area contributed by atoms with Gasteiger partial charge in [0.05, 0.1) is 11.8 Å². The molecule has 2 aliphatic carbocycles. The Labute approximate surface area is 254 Å². The van der Waals surface area contributed by atoms with Crippen LogP contribution in [0.4, 0.5) is 26.3 Å². The van der Waals surface area contributed by atoms with Crippen molar-refractivity contribution in [1.82, 2.24) is 0 Å². The van der Waals surface area contributed by atoms with Gasteiger partial charge in [-0.25, -0.2) is 4.39 Å². The average Bonchev–Trinajstić information content (AvgIpc) is 2.98. The Morgan fingerprint density at radius 2 is 1.55 bits per heavy atom. The summed E-state index contributed by atoms with van der Waals surface area (Å²) in [5, 5.41) is 0. The standard InChI is InChI=1S/C34H38F6O4/c1-2-3-4-5-23-6-8-24(9-7-23)10-11-25-12-14-26(15-13-25)32(41)42-28-18-16-27(17-19-28)33(36,37)43-29-20-21-31(30(35)22-29)44-34(38,39)40/h6-9,20-22,25-28H,2-5,12-19H2,1H3. The zero-order valence-corrected chi connectivity index (χ0v) is 24.7. The van der Waals surface area contributed by atoms with Crippen LogP contribution in [0, 0.1) is 35.4 Å². The molecule has 0 N–H and O–H groups in total. The van der Waals surface area contributed by atoms with Gasteiger partial charge in [0.15, 0.2) is 11.6 Å². The Morgan fingerprint density at radius 1 is 0.864 bits per heavy atom. The number of halogens is 6. The average molecular weight is 625 g/mol. The molecule has 44 heavy (non-hydrogen) atoms. The molecular weight excluding hydrogens is 586 g/mol. The zero-order valence-electron chi connectivity index (χ0n) is 24.7. The summed E-state index contributed by atoms with van der Waals surface area (Å²) in [6, 6.07) is 10.2. The van der Waals surface area contributed by atoms with Crippen molar-refractivity contribution in [3.05, 3.63) is 59.4 Å². The second kappa shape index (κ2) is 15.1. The number of ether oxygens (including phenoxy) is 3. The van der Waals surface area contributed by atoms with Crippen LogP contribution < -0.4 is 9.47 Å². The van der Waals surface area contributed by atoms with E-state index in [0.29, 0.717) is 25.0 Å². The van der Waals surface area contributed by atoms with Crippen molar-refractivity contribution >= 4 is 5.97 Å². The Hall–Kier alpha value is -3.35. The van der Waals surface area contributed by atoms with E-state index >= 15 is 0 Å². The molecular formula is C34H38F6O4. The molecule has 0 aromatic heterocycles. The van der Waals surface area contributed by atoms with Crippen molar-refractivity contribution in [2.45, 2.75) is 103 Å². The van der Waals surface area contributed by atoms with Crippen molar-refractivity contribution in [3.63, 3.8) is 0 Å². The first-order chi connectivity index (χ1) is 20.9.